The van der Waals surface area contributed by atoms with Gasteiger partial charge in [0.15, 0.2) is 5.78 Å². The summed E-state index contributed by atoms with van der Waals surface area (Å²) in [6.45, 7) is 1.85. The average molecular weight is 232 g/mol. The minimum Gasteiger partial charge on any atom is -0.294 e. The second-order valence-electron chi connectivity index (χ2n) is 5.56. The summed E-state index contributed by atoms with van der Waals surface area (Å²) in [7, 11) is 0. The highest BCUT2D eigenvalue weighted by atomic mass is 19.1. The fourth-order valence-corrected chi connectivity index (χ4v) is 3.72. The molecule has 0 N–H and O–H groups in total. The quantitative estimate of drug-likeness (QED) is 0.662. The van der Waals surface area contributed by atoms with Gasteiger partial charge in [-0.25, -0.2) is 4.39 Å². The van der Waals surface area contributed by atoms with Crippen molar-refractivity contribution in [3.63, 3.8) is 0 Å². The van der Waals surface area contributed by atoms with Crippen LogP contribution in [0.25, 0.3) is 0 Å². The maximum Gasteiger partial charge on any atom is 0.163 e. The fraction of sp³-hybridized carbons (Fsp3) is 0.533. The first-order valence-electron chi connectivity index (χ1n) is 6.46. The van der Waals surface area contributed by atoms with Crippen molar-refractivity contribution in [1.82, 2.24) is 0 Å². The summed E-state index contributed by atoms with van der Waals surface area (Å²) in [6, 6.07) is 3.11. The minimum atomic E-state index is -0.192. The Hall–Kier alpha value is -1.18. The van der Waals surface area contributed by atoms with Crippen LogP contribution in [0.5, 0.6) is 0 Å². The van der Waals surface area contributed by atoms with Crippen molar-refractivity contribution in [3.05, 3.63) is 34.6 Å². The molecular weight excluding hydrogens is 215 g/mol. The number of benzene rings is 1. The van der Waals surface area contributed by atoms with Crippen molar-refractivity contribution >= 4 is 5.78 Å². The van der Waals surface area contributed by atoms with E-state index in [1.807, 2.05) is 6.92 Å². The second kappa shape index (κ2) is 3.66. The molecule has 0 heterocycles. The normalized spacial score (nSPS) is 21.9. The summed E-state index contributed by atoms with van der Waals surface area (Å²) < 4.78 is 13.6. The molecule has 0 radical (unpaired) electrons. The molecule has 1 aromatic carbocycles. The largest absolute Gasteiger partial charge is 0.294 e. The third kappa shape index (κ3) is 1.54. The van der Waals surface area contributed by atoms with Crippen molar-refractivity contribution in [2.24, 2.45) is 0 Å². The van der Waals surface area contributed by atoms with Gasteiger partial charge in [0.25, 0.3) is 0 Å². The van der Waals surface area contributed by atoms with E-state index in [2.05, 4.69) is 0 Å². The minimum absolute atomic E-state index is 0.107. The van der Waals surface area contributed by atoms with E-state index in [0.29, 0.717) is 6.42 Å². The standard InChI is InChI=1S/C15H17FO/c1-10-8-11(16)9-12-14(10)13(17)4-7-15(12)5-2-3-6-15/h8-9H,2-7H2,1H3. The van der Waals surface area contributed by atoms with Gasteiger partial charge in [0.1, 0.15) is 5.82 Å². The topological polar surface area (TPSA) is 17.1 Å². The lowest BCUT2D eigenvalue weighted by Gasteiger charge is -2.36. The molecule has 0 aromatic heterocycles. The van der Waals surface area contributed by atoms with Crippen LogP contribution in [-0.4, -0.2) is 5.78 Å². The first-order valence-corrected chi connectivity index (χ1v) is 6.46. The number of fused-ring (bicyclic) bond motifs is 2. The van der Waals surface area contributed by atoms with Gasteiger partial charge >= 0.3 is 0 Å². The zero-order chi connectivity index (χ0) is 12.0. The highest BCUT2D eigenvalue weighted by Gasteiger charge is 2.42. The summed E-state index contributed by atoms with van der Waals surface area (Å²) >= 11 is 0. The van der Waals surface area contributed by atoms with Crippen LogP contribution < -0.4 is 0 Å². The molecule has 0 aliphatic heterocycles. The van der Waals surface area contributed by atoms with Crippen LogP contribution in [0, 0.1) is 12.7 Å². The number of hydrogen-bond acceptors (Lipinski definition) is 1. The molecule has 2 aliphatic carbocycles. The summed E-state index contributed by atoms with van der Waals surface area (Å²) in [5, 5.41) is 0. The molecule has 2 aliphatic rings. The van der Waals surface area contributed by atoms with Crippen LogP contribution in [0.2, 0.25) is 0 Å². The lowest BCUT2D eigenvalue weighted by Crippen LogP contribution is -2.31. The number of ketones is 1. The van der Waals surface area contributed by atoms with Gasteiger partial charge in [-0.3, -0.25) is 4.79 Å². The van der Waals surface area contributed by atoms with Crippen LogP contribution in [0.1, 0.15) is 60.0 Å². The SMILES string of the molecule is Cc1cc(F)cc2c1C(=O)CCC21CCCC1. The van der Waals surface area contributed by atoms with Crippen molar-refractivity contribution in [1.29, 1.82) is 0 Å². The first-order chi connectivity index (χ1) is 8.12. The highest BCUT2D eigenvalue weighted by molar-refractivity contribution is 6.00. The lowest BCUT2D eigenvalue weighted by atomic mass is 9.67. The van der Waals surface area contributed by atoms with Crippen molar-refractivity contribution in [2.75, 3.05) is 0 Å². The molecule has 0 atom stereocenters. The molecule has 1 saturated carbocycles. The monoisotopic (exact) mass is 232 g/mol. The number of aryl methyl sites for hydroxylation is 1. The van der Waals surface area contributed by atoms with E-state index >= 15 is 0 Å². The fourth-order valence-electron chi connectivity index (χ4n) is 3.72. The molecule has 0 amide bonds. The van der Waals surface area contributed by atoms with E-state index in [4.69, 9.17) is 0 Å². The van der Waals surface area contributed by atoms with Gasteiger partial charge in [-0.2, -0.15) is 0 Å². The van der Waals surface area contributed by atoms with Gasteiger partial charge < -0.3 is 0 Å². The molecule has 3 rings (SSSR count). The van der Waals surface area contributed by atoms with Crippen molar-refractivity contribution in [3.8, 4) is 0 Å². The van der Waals surface area contributed by atoms with Gasteiger partial charge in [0, 0.05) is 12.0 Å². The Kier molecular flexibility index (Phi) is 2.35. The van der Waals surface area contributed by atoms with E-state index < -0.39 is 0 Å². The number of halogens is 1. The van der Waals surface area contributed by atoms with Gasteiger partial charge in [0.05, 0.1) is 0 Å². The van der Waals surface area contributed by atoms with Crippen molar-refractivity contribution < 1.29 is 9.18 Å². The Morgan fingerprint density at radius 2 is 1.88 bits per heavy atom. The van der Waals surface area contributed by atoms with Crippen LogP contribution in [0.3, 0.4) is 0 Å². The number of hydrogen-bond donors (Lipinski definition) is 0. The maximum absolute atomic E-state index is 13.6. The summed E-state index contributed by atoms with van der Waals surface area (Å²) in [5.41, 5.74) is 2.75. The number of Topliss-reactive ketones (excluding diaryl/α,β-unsaturated/α-hetero) is 1. The van der Waals surface area contributed by atoms with E-state index in [1.54, 1.807) is 6.07 Å². The third-order valence-corrected chi connectivity index (χ3v) is 4.54. The predicted octanol–water partition coefficient (Wildman–Crippen LogP) is 3.92. The molecule has 1 fully saturated rings. The van der Waals surface area contributed by atoms with Crippen LogP contribution >= 0.6 is 0 Å². The second-order valence-corrected chi connectivity index (χ2v) is 5.56. The van der Waals surface area contributed by atoms with E-state index in [-0.39, 0.29) is 17.0 Å². The maximum atomic E-state index is 13.6. The molecular formula is C15H17FO. The van der Waals surface area contributed by atoms with Crippen molar-refractivity contribution in [2.45, 2.75) is 50.9 Å². The van der Waals surface area contributed by atoms with Gasteiger partial charge in [-0.05, 0) is 54.9 Å². The molecule has 0 unspecified atom stereocenters. The van der Waals surface area contributed by atoms with E-state index in [9.17, 15) is 9.18 Å². The molecule has 0 bridgehead atoms. The molecule has 2 heteroatoms. The van der Waals surface area contributed by atoms with E-state index in [0.717, 1.165) is 36.0 Å². The van der Waals surface area contributed by atoms with Gasteiger partial charge in [0.2, 0.25) is 0 Å². The number of carbonyl (C=O) groups excluding carboxylic acids is 1. The summed E-state index contributed by atoms with van der Waals surface area (Å²) in [5.74, 6) is 0.0113. The third-order valence-electron chi connectivity index (χ3n) is 4.54. The smallest absolute Gasteiger partial charge is 0.163 e. The van der Waals surface area contributed by atoms with Crippen LogP contribution in [0.4, 0.5) is 4.39 Å². The summed E-state index contributed by atoms with van der Waals surface area (Å²) in [4.78, 5) is 12.0. The summed E-state index contributed by atoms with van der Waals surface area (Å²) in [6.07, 6.45) is 6.22. The average Bonchev–Trinajstić information content (AvgIpc) is 2.73. The Morgan fingerprint density at radius 1 is 1.18 bits per heavy atom. The van der Waals surface area contributed by atoms with Gasteiger partial charge in [-0.1, -0.05) is 12.8 Å². The van der Waals surface area contributed by atoms with Gasteiger partial charge in [-0.15, -0.1) is 0 Å². The lowest BCUT2D eigenvalue weighted by molar-refractivity contribution is 0.0950. The van der Waals surface area contributed by atoms with E-state index in [1.165, 1.54) is 18.9 Å². The molecule has 90 valence electrons. The molecule has 17 heavy (non-hydrogen) atoms. The Labute approximate surface area is 101 Å². The number of carbonyl (C=O) groups is 1. The molecule has 1 spiro atoms. The zero-order valence-electron chi connectivity index (χ0n) is 10.2. The Bertz CT molecular complexity index is 484. The zero-order valence-corrected chi connectivity index (χ0v) is 10.2. The van der Waals surface area contributed by atoms with Crippen LogP contribution in [-0.2, 0) is 5.41 Å². The first kappa shape index (κ1) is 10.9. The Morgan fingerprint density at radius 3 is 2.59 bits per heavy atom. The molecule has 1 nitrogen and oxygen atoms in total. The Balaban J connectivity index is 2.24. The molecule has 0 saturated heterocycles. The van der Waals surface area contributed by atoms with Crippen LogP contribution in [0.15, 0.2) is 12.1 Å². The molecule has 1 aromatic rings. The predicted molar refractivity (Wildman–Crippen MR) is 64.8 cm³/mol. The number of rotatable bonds is 0. The highest BCUT2D eigenvalue weighted by Crippen LogP contribution is 2.49.